The average Bonchev–Trinajstić information content (AvgIpc) is 2.66. The van der Waals surface area contributed by atoms with Crippen LogP contribution in [-0.2, 0) is 11.3 Å². The SMILES string of the molecule is N#Cc1nn(-c2cc(Cl)c(Oc3ccc(=O)n(CC(=O)O)n3)c(Cl)c2)c(=O)[nH]c1=O. The molecule has 0 spiro atoms. The van der Waals surface area contributed by atoms with Crippen LogP contribution in [0.15, 0.2) is 38.6 Å². The molecule has 2 aromatic heterocycles. The number of carboxylic acid groups (broad SMARTS) is 1. The van der Waals surface area contributed by atoms with Crippen molar-refractivity contribution in [3.63, 3.8) is 0 Å². The topological polar surface area (TPSA) is 173 Å². The third kappa shape index (κ3) is 4.22. The van der Waals surface area contributed by atoms with Gasteiger partial charge in [0.25, 0.3) is 11.1 Å². The van der Waals surface area contributed by atoms with E-state index in [1.54, 1.807) is 6.07 Å². The van der Waals surface area contributed by atoms with E-state index in [2.05, 4.69) is 10.2 Å². The number of H-pyrrole nitrogens is 1. The van der Waals surface area contributed by atoms with Crippen molar-refractivity contribution in [2.45, 2.75) is 6.54 Å². The second-order valence-electron chi connectivity index (χ2n) is 5.53. The van der Waals surface area contributed by atoms with Crippen LogP contribution in [0.25, 0.3) is 5.69 Å². The molecule has 0 amide bonds. The molecule has 2 N–H and O–H groups in total. The fourth-order valence-corrected chi connectivity index (χ4v) is 2.80. The number of ether oxygens (including phenoxy) is 1. The highest BCUT2D eigenvalue weighted by Crippen LogP contribution is 2.37. The summed E-state index contributed by atoms with van der Waals surface area (Å²) < 4.78 is 6.84. The summed E-state index contributed by atoms with van der Waals surface area (Å²) in [7, 11) is 0. The standard InChI is InChI=1S/C16H8Cl2N6O6/c17-8-3-7(24-16(29)20-15(28)10(5-19)21-24)4-9(18)14(8)30-11-1-2-12(25)23(22-11)6-13(26)27/h1-4H,6H2,(H,26,27)(H,20,28,29). The Balaban J connectivity index is 2.02. The van der Waals surface area contributed by atoms with Gasteiger partial charge in [-0.15, -0.1) is 10.2 Å². The summed E-state index contributed by atoms with van der Waals surface area (Å²) in [6, 6.07) is 6.24. The van der Waals surface area contributed by atoms with E-state index in [9.17, 15) is 19.2 Å². The van der Waals surface area contributed by atoms with Gasteiger partial charge >= 0.3 is 11.7 Å². The molecule has 2 heterocycles. The van der Waals surface area contributed by atoms with Crippen molar-refractivity contribution in [3.05, 3.63) is 71.2 Å². The molecule has 152 valence electrons. The first kappa shape index (κ1) is 20.8. The lowest BCUT2D eigenvalue weighted by Crippen LogP contribution is -2.33. The second-order valence-corrected chi connectivity index (χ2v) is 6.35. The predicted molar refractivity (Wildman–Crippen MR) is 101 cm³/mol. The maximum Gasteiger partial charge on any atom is 0.349 e. The van der Waals surface area contributed by atoms with E-state index in [0.29, 0.717) is 9.36 Å². The monoisotopic (exact) mass is 450 g/mol. The van der Waals surface area contributed by atoms with Crippen molar-refractivity contribution < 1.29 is 14.6 Å². The quantitative estimate of drug-likeness (QED) is 0.561. The zero-order chi connectivity index (χ0) is 22.0. The number of aliphatic carboxylic acids is 1. The van der Waals surface area contributed by atoms with Gasteiger partial charge in [0.05, 0.1) is 15.7 Å². The maximum absolute atomic E-state index is 12.0. The van der Waals surface area contributed by atoms with E-state index in [0.717, 1.165) is 6.07 Å². The smallest absolute Gasteiger partial charge is 0.349 e. The highest BCUT2D eigenvalue weighted by Gasteiger charge is 2.16. The zero-order valence-corrected chi connectivity index (χ0v) is 16.0. The molecule has 14 heteroatoms. The van der Waals surface area contributed by atoms with Gasteiger partial charge in [-0.3, -0.25) is 19.4 Å². The fraction of sp³-hybridized carbons (Fsp3) is 0.0625. The molecule has 0 bridgehead atoms. The summed E-state index contributed by atoms with van der Waals surface area (Å²) in [5, 5.41) is 24.9. The molecule has 0 saturated carbocycles. The van der Waals surface area contributed by atoms with Gasteiger partial charge in [0.15, 0.2) is 5.75 Å². The third-order valence-electron chi connectivity index (χ3n) is 3.50. The highest BCUT2D eigenvalue weighted by molar-refractivity contribution is 6.37. The normalized spacial score (nSPS) is 10.4. The number of hydrogen-bond donors (Lipinski definition) is 2. The van der Waals surface area contributed by atoms with Gasteiger partial charge in [0.1, 0.15) is 12.6 Å². The summed E-state index contributed by atoms with van der Waals surface area (Å²) in [4.78, 5) is 47.9. The molecule has 0 radical (unpaired) electrons. The van der Waals surface area contributed by atoms with Crippen LogP contribution in [-0.4, -0.2) is 35.6 Å². The minimum absolute atomic E-state index is 0.0268. The number of nitrogens with zero attached hydrogens (tertiary/aromatic N) is 5. The van der Waals surface area contributed by atoms with Crippen LogP contribution in [0.1, 0.15) is 5.69 Å². The lowest BCUT2D eigenvalue weighted by molar-refractivity contribution is -0.138. The largest absolute Gasteiger partial charge is 0.480 e. The molecular weight excluding hydrogens is 443 g/mol. The third-order valence-corrected chi connectivity index (χ3v) is 4.06. The molecular formula is C16H8Cl2N6O6. The Morgan fingerprint density at radius 3 is 2.47 bits per heavy atom. The van der Waals surface area contributed by atoms with Crippen molar-refractivity contribution in [2.75, 3.05) is 0 Å². The molecule has 12 nitrogen and oxygen atoms in total. The molecule has 0 unspecified atom stereocenters. The Labute approximate surface area is 175 Å². The number of nitriles is 1. The summed E-state index contributed by atoms with van der Waals surface area (Å²) in [6.07, 6.45) is 0. The van der Waals surface area contributed by atoms with Gasteiger partial charge in [-0.05, 0) is 12.1 Å². The number of aromatic amines is 1. The highest BCUT2D eigenvalue weighted by atomic mass is 35.5. The number of rotatable bonds is 5. The van der Waals surface area contributed by atoms with E-state index < -0.39 is 35.0 Å². The van der Waals surface area contributed by atoms with E-state index in [-0.39, 0.29) is 27.4 Å². The number of halogens is 2. The van der Waals surface area contributed by atoms with Crippen LogP contribution in [0.3, 0.4) is 0 Å². The Bertz CT molecular complexity index is 1360. The first-order valence-corrected chi connectivity index (χ1v) is 8.56. The molecule has 0 fully saturated rings. The molecule has 3 aromatic rings. The van der Waals surface area contributed by atoms with Gasteiger partial charge in [-0.1, -0.05) is 23.2 Å². The van der Waals surface area contributed by atoms with Crippen LogP contribution in [0.5, 0.6) is 11.6 Å². The molecule has 0 aliphatic heterocycles. The van der Waals surface area contributed by atoms with Gasteiger partial charge < -0.3 is 9.84 Å². The van der Waals surface area contributed by atoms with Gasteiger partial charge in [0.2, 0.25) is 11.6 Å². The Morgan fingerprint density at radius 2 is 1.87 bits per heavy atom. The van der Waals surface area contributed by atoms with Gasteiger partial charge in [-0.25, -0.2) is 9.48 Å². The summed E-state index contributed by atoms with van der Waals surface area (Å²) in [5.74, 6) is -1.55. The van der Waals surface area contributed by atoms with Gasteiger partial charge in [0, 0.05) is 12.1 Å². The van der Waals surface area contributed by atoms with Crippen LogP contribution in [0.4, 0.5) is 0 Å². The van der Waals surface area contributed by atoms with Crippen molar-refractivity contribution in [1.82, 2.24) is 24.5 Å². The molecule has 1 aromatic carbocycles. The van der Waals surface area contributed by atoms with E-state index in [1.807, 2.05) is 4.98 Å². The first-order valence-electron chi connectivity index (χ1n) is 7.80. The number of hydrogen-bond acceptors (Lipinski definition) is 8. The van der Waals surface area contributed by atoms with E-state index >= 15 is 0 Å². The fourth-order valence-electron chi connectivity index (χ4n) is 2.25. The summed E-state index contributed by atoms with van der Waals surface area (Å²) in [6.45, 7) is -0.682. The number of carboxylic acids is 1. The summed E-state index contributed by atoms with van der Waals surface area (Å²) in [5.41, 5.74) is -3.05. The second kappa shape index (κ2) is 8.19. The molecule has 0 aliphatic carbocycles. The van der Waals surface area contributed by atoms with Crippen LogP contribution < -0.4 is 21.5 Å². The Kier molecular flexibility index (Phi) is 5.67. The zero-order valence-electron chi connectivity index (χ0n) is 14.5. The predicted octanol–water partition coefficient (Wildman–Crippen LogP) is 0.533. The lowest BCUT2D eigenvalue weighted by Gasteiger charge is -2.12. The molecule has 30 heavy (non-hydrogen) atoms. The van der Waals surface area contributed by atoms with E-state index in [1.165, 1.54) is 18.2 Å². The lowest BCUT2D eigenvalue weighted by atomic mass is 10.3. The van der Waals surface area contributed by atoms with Crippen molar-refractivity contribution >= 4 is 29.2 Å². The van der Waals surface area contributed by atoms with Crippen LogP contribution in [0, 0.1) is 11.3 Å². The maximum atomic E-state index is 12.0. The Hall–Kier alpha value is -3.95. The average molecular weight is 451 g/mol. The minimum atomic E-state index is -1.28. The molecule has 0 aliphatic rings. The van der Waals surface area contributed by atoms with Crippen molar-refractivity contribution in [2.24, 2.45) is 0 Å². The van der Waals surface area contributed by atoms with Crippen molar-refractivity contribution in [3.8, 4) is 23.4 Å². The molecule has 3 rings (SSSR count). The van der Waals surface area contributed by atoms with Crippen LogP contribution in [0.2, 0.25) is 10.0 Å². The van der Waals surface area contributed by atoms with Crippen LogP contribution >= 0.6 is 23.2 Å². The summed E-state index contributed by atoms with van der Waals surface area (Å²) >= 11 is 12.3. The molecule has 0 atom stereocenters. The molecule has 0 saturated heterocycles. The minimum Gasteiger partial charge on any atom is -0.480 e. The Morgan fingerprint density at radius 1 is 1.20 bits per heavy atom. The number of benzene rings is 1. The van der Waals surface area contributed by atoms with Crippen molar-refractivity contribution in [1.29, 1.82) is 5.26 Å². The number of nitrogens with one attached hydrogen (secondary N) is 1. The first-order chi connectivity index (χ1) is 14.2. The number of aromatic nitrogens is 5. The number of carbonyl (C=O) groups is 1. The van der Waals surface area contributed by atoms with E-state index in [4.69, 9.17) is 38.3 Å². The van der Waals surface area contributed by atoms with Gasteiger partial charge in [-0.2, -0.15) is 9.94 Å².